The van der Waals surface area contributed by atoms with Gasteiger partial charge < -0.3 is 11.1 Å². The zero-order valence-corrected chi connectivity index (χ0v) is 11.5. The van der Waals surface area contributed by atoms with E-state index in [-0.39, 0.29) is 24.4 Å². The van der Waals surface area contributed by atoms with Crippen molar-refractivity contribution in [1.29, 1.82) is 0 Å². The maximum absolute atomic E-state index is 11.7. The van der Waals surface area contributed by atoms with Gasteiger partial charge in [-0.25, -0.2) is 0 Å². The normalized spacial score (nSPS) is 11.8. The summed E-state index contributed by atoms with van der Waals surface area (Å²) in [6.07, 6.45) is 0.815. The Morgan fingerprint density at radius 3 is 2.62 bits per heavy atom. The highest BCUT2D eigenvalue weighted by Gasteiger charge is 2.09. The monoisotopic (exact) mass is 262 g/mol. The molecule has 16 heavy (non-hydrogen) atoms. The molecule has 0 aliphatic heterocycles. The van der Waals surface area contributed by atoms with Crippen LogP contribution in [0, 0.1) is 13.8 Å². The van der Waals surface area contributed by atoms with Gasteiger partial charge in [-0.2, -0.15) is 0 Å². The lowest BCUT2D eigenvalue weighted by Gasteiger charge is -2.05. The Morgan fingerprint density at radius 1 is 1.56 bits per heavy atom. The zero-order valence-electron chi connectivity index (χ0n) is 9.87. The van der Waals surface area contributed by atoms with Crippen LogP contribution in [0.5, 0.6) is 0 Å². The summed E-state index contributed by atoms with van der Waals surface area (Å²) in [4.78, 5) is 13.6. The average molecular weight is 263 g/mol. The van der Waals surface area contributed by atoms with E-state index in [1.54, 1.807) is 0 Å². The van der Waals surface area contributed by atoms with E-state index >= 15 is 0 Å². The summed E-state index contributed by atoms with van der Waals surface area (Å²) in [5.41, 5.74) is 6.77. The highest BCUT2D eigenvalue weighted by Crippen LogP contribution is 2.20. The van der Waals surface area contributed by atoms with Gasteiger partial charge in [-0.15, -0.1) is 23.7 Å². The Morgan fingerprint density at radius 2 is 2.19 bits per heavy atom. The number of nitrogens with two attached hydrogens (primary N) is 1. The molecule has 1 atom stereocenters. The van der Waals surface area contributed by atoms with E-state index in [0.717, 1.165) is 11.3 Å². The fourth-order valence-electron chi connectivity index (χ4n) is 1.19. The highest BCUT2D eigenvalue weighted by atomic mass is 35.5. The van der Waals surface area contributed by atoms with Crippen molar-refractivity contribution in [2.45, 2.75) is 33.2 Å². The van der Waals surface area contributed by atoms with Gasteiger partial charge in [0, 0.05) is 17.5 Å². The van der Waals surface area contributed by atoms with Gasteiger partial charge in [0.25, 0.3) is 5.91 Å². The highest BCUT2D eigenvalue weighted by molar-refractivity contribution is 7.14. The maximum Gasteiger partial charge on any atom is 0.261 e. The number of carbonyl (C=O) groups excluding carboxylic acids is 1. The topological polar surface area (TPSA) is 55.1 Å². The van der Waals surface area contributed by atoms with Crippen LogP contribution in [-0.2, 0) is 0 Å². The van der Waals surface area contributed by atoms with Crippen molar-refractivity contribution in [3.05, 3.63) is 21.4 Å². The van der Waals surface area contributed by atoms with E-state index < -0.39 is 0 Å². The Hall–Kier alpha value is -0.580. The number of nitrogens with one attached hydrogen (secondary N) is 1. The third-order valence-corrected chi connectivity index (χ3v) is 3.43. The van der Waals surface area contributed by atoms with Crippen LogP contribution >= 0.6 is 23.7 Å². The third-order valence-electron chi connectivity index (χ3n) is 2.28. The molecule has 1 aromatic heterocycles. The molecule has 0 aliphatic rings. The number of carbonyl (C=O) groups is 1. The molecule has 1 unspecified atom stereocenters. The molecule has 0 bridgehead atoms. The van der Waals surface area contributed by atoms with Crippen molar-refractivity contribution in [3.63, 3.8) is 0 Å². The van der Waals surface area contributed by atoms with Crippen LogP contribution in [0.2, 0.25) is 0 Å². The summed E-state index contributed by atoms with van der Waals surface area (Å²) in [5.74, 6) is 0.0110. The largest absolute Gasteiger partial charge is 0.351 e. The summed E-state index contributed by atoms with van der Waals surface area (Å²) in [7, 11) is 0. The smallest absolute Gasteiger partial charge is 0.261 e. The van der Waals surface area contributed by atoms with E-state index in [9.17, 15) is 4.79 Å². The van der Waals surface area contributed by atoms with Gasteiger partial charge in [0.15, 0.2) is 0 Å². The van der Waals surface area contributed by atoms with Gasteiger partial charge in [0.05, 0.1) is 4.88 Å². The second-order valence-electron chi connectivity index (χ2n) is 3.87. The van der Waals surface area contributed by atoms with Crippen molar-refractivity contribution in [2.24, 2.45) is 5.73 Å². The van der Waals surface area contributed by atoms with Gasteiger partial charge in [-0.1, -0.05) is 0 Å². The molecule has 3 N–H and O–H groups in total. The quantitative estimate of drug-likeness (QED) is 0.875. The predicted molar refractivity (Wildman–Crippen MR) is 71.6 cm³/mol. The fourth-order valence-corrected chi connectivity index (χ4v) is 2.14. The number of hydrogen-bond donors (Lipinski definition) is 2. The van der Waals surface area contributed by atoms with E-state index in [1.807, 2.05) is 26.8 Å². The SMILES string of the molecule is Cc1cc(C(=O)NCCC(C)N)sc1C.Cl. The number of hydrogen-bond acceptors (Lipinski definition) is 3. The first-order valence-electron chi connectivity index (χ1n) is 5.11. The van der Waals surface area contributed by atoms with Crippen molar-refractivity contribution in [1.82, 2.24) is 5.32 Å². The van der Waals surface area contributed by atoms with E-state index in [2.05, 4.69) is 5.32 Å². The molecule has 1 aromatic rings. The second kappa shape index (κ2) is 6.89. The van der Waals surface area contributed by atoms with E-state index in [4.69, 9.17) is 5.73 Å². The average Bonchev–Trinajstić information content (AvgIpc) is 2.46. The fraction of sp³-hybridized carbons (Fsp3) is 0.545. The molecule has 1 heterocycles. The minimum Gasteiger partial charge on any atom is -0.351 e. The first-order chi connectivity index (χ1) is 7.00. The summed E-state index contributed by atoms with van der Waals surface area (Å²) in [6.45, 7) is 6.63. The Balaban J connectivity index is 0.00000225. The molecular formula is C11H19ClN2OS. The molecule has 0 radical (unpaired) electrons. The van der Waals surface area contributed by atoms with Crippen molar-refractivity contribution < 1.29 is 4.79 Å². The lowest BCUT2D eigenvalue weighted by molar-refractivity contribution is 0.0957. The van der Waals surface area contributed by atoms with Crippen LogP contribution in [0.15, 0.2) is 6.07 Å². The van der Waals surface area contributed by atoms with Gasteiger partial charge in [0.2, 0.25) is 0 Å². The number of rotatable bonds is 4. The molecule has 1 rings (SSSR count). The van der Waals surface area contributed by atoms with E-state index in [0.29, 0.717) is 6.54 Å². The zero-order chi connectivity index (χ0) is 11.4. The second-order valence-corrected chi connectivity index (χ2v) is 5.13. The maximum atomic E-state index is 11.7. The first kappa shape index (κ1) is 15.4. The standard InChI is InChI=1S/C11H18N2OS.ClH/c1-7-6-10(15-9(7)3)11(14)13-5-4-8(2)12;/h6,8H,4-5,12H2,1-3H3,(H,13,14);1H. The number of aryl methyl sites for hydroxylation is 2. The Labute approximate surface area is 107 Å². The summed E-state index contributed by atoms with van der Waals surface area (Å²) < 4.78 is 0. The molecule has 3 nitrogen and oxygen atoms in total. The lowest BCUT2D eigenvalue weighted by Crippen LogP contribution is -2.28. The van der Waals surface area contributed by atoms with Crippen LogP contribution in [0.1, 0.15) is 33.5 Å². The van der Waals surface area contributed by atoms with Crippen molar-refractivity contribution in [2.75, 3.05) is 6.54 Å². The molecule has 0 saturated heterocycles. The van der Waals surface area contributed by atoms with Gasteiger partial charge in [-0.05, 0) is 38.8 Å². The summed E-state index contributed by atoms with van der Waals surface area (Å²) in [6, 6.07) is 2.07. The van der Waals surface area contributed by atoms with Crippen LogP contribution < -0.4 is 11.1 Å². The Bertz CT molecular complexity index is 330. The molecule has 1 amide bonds. The summed E-state index contributed by atoms with van der Waals surface area (Å²) in [5, 5.41) is 2.86. The van der Waals surface area contributed by atoms with Crippen LogP contribution in [0.4, 0.5) is 0 Å². The van der Waals surface area contributed by atoms with Crippen molar-refractivity contribution in [3.8, 4) is 0 Å². The molecule has 92 valence electrons. The Kier molecular flexibility index (Phi) is 6.64. The van der Waals surface area contributed by atoms with Crippen LogP contribution in [0.25, 0.3) is 0 Å². The number of amides is 1. The molecule has 0 aliphatic carbocycles. The minimum absolute atomic E-state index is 0. The van der Waals surface area contributed by atoms with Gasteiger partial charge >= 0.3 is 0 Å². The van der Waals surface area contributed by atoms with Crippen LogP contribution in [0.3, 0.4) is 0 Å². The number of halogens is 1. The summed E-state index contributed by atoms with van der Waals surface area (Å²) >= 11 is 1.54. The lowest BCUT2D eigenvalue weighted by atomic mass is 10.2. The van der Waals surface area contributed by atoms with E-state index in [1.165, 1.54) is 21.8 Å². The molecule has 5 heteroatoms. The molecule has 0 spiro atoms. The predicted octanol–water partition coefficient (Wildman–Crippen LogP) is 2.25. The molecule has 0 saturated carbocycles. The molecular weight excluding hydrogens is 244 g/mol. The molecule has 0 fully saturated rings. The number of thiophene rings is 1. The van der Waals surface area contributed by atoms with Gasteiger partial charge in [0.1, 0.15) is 0 Å². The molecule has 0 aromatic carbocycles. The minimum atomic E-state index is 0. The van der Waals surface area contributed by atoms with Crippen molar-refractivity contribution >= 4 is 29.7 Å². The first-order valence-corrected chi connectivity index (χ1v) is 5.93. The third kappa shape index (κ3) is 4.51. The van der Waals surface area contributed by atoms with Crippen LogP contribution in [-0.4, -0.2) is 18.5 Å². The van der Waals surface area contributed by atoms with Gasteiger partial charge in [-0.3, -0.25) is 4.79 Å².